The Morgan fingerprint density at radius 3 is 1.24 bits per heavy atom. The molecule has 158 valence electrons. The first kappa shape index (κ1) is 32.8. The topological polar surface area (TPSA) is 161 Å². The minimum atomic E-state index is -2.91. The van der Waals surface area contributed by atoms with E-state index in [0.29, 0.717) is 0 Å². The fraction of sp³-hybridized carbons (Fsp3) is 1.00. The van der Waals surface area contributed by atoms with E-state index in [1.54, 1.807) is 20.4 Å². The normalized spacial score (nSPS) is 13.0. The van der Waals surface area contributed by atoms with Crippen molar-refractivity contribution in [1.29, 1.82) is 0 Å². The maximum atomic E-state index is 10.8. The highest BCUT2D eigenvalue weighted by molar-refractivity contribution is 7.88. The molecule has 25 heavy (non-hydrogen) atoms. The van der Waals surface area contributed by atoms with E-state index in [1.165, 1.54) is 35.4 Å². The van der Waals surface area contributed by atoms with Crippen molar-refractivity contribution in [2.24, 2.45) is 0 Å². The predicted molar refractivity (Wildman–Crippen MR) is 102 cm³/mol. The smallest absolute Gasteiger partial charge is 0.300 e. The first-order valence-corrected chi connectivity index (χ1v) is 12.3. The van der Waals surface area contributed by atoms with Crippen LogP contribution in [-0.4, -0.2) is 78.9 Å². The maximum Gasteiger partial charge on any atom is 0.404 e. The average Bonchev–Trinajstić information content (AvgIpc) is 2.61. The van der Waals surface area contributed by atoms with Gasteiger partial charge in [0.25, 0.3) is 0 Å². The molecule has 16 heteroatoms. The van der Waals surface area contributed by atoms with Gasteiger partial charge in [-0.1, -0.05) is 0 Å². The number of rotatable bonds is 7. The Balaban J connectivity index is -0.000000119. The molecule has 0 aliphatic carbocycles. The van der Waals surface area contributed by atoms with Gasteiger partial charge < -0.3 is 9.05 Å². The zero-order valence-electron chi connectivity index (χ0n) is 15.9. The quantitative estimate of drug-likeness (QED) is 0.346. The van der Waals surface area contributed by atoms with Crippen LogP contribution in [0, 0.1) is 0 Å². The van der Waals surface area contributed by atoms with Gasteiger partial charge in [-0.3, -0.25) is 4.18 Å². The standard InChI is InChI=1S/C3H10NO3P.2C2H7NO2S.C2H7NOS/c1-4-8(5,6-2)7-3;1-3-6(2,4)5;1-3-6(4)5-2;1-3-5(2)4/h1-3H3,(H,4,5);2*3H,1-2H3;3H,1-2H3. The van der Waals surface area contributed by atoms with Crippen LogP contribution in [-0.2, 0) is 50.1 Å². The van der Waals surface area contributed by atoms with Crippen molar-refractivity contribution in [3.63, 3.8) is 0 Å². The Labute approximate surface area is 156 Å². The van der Waals surface area contributed by atoms with E-state index in [-0.39, 0.29) is 0 Å². The Morgan fingerprint density at radius 2 is 1.24 bits per heavy atom. The molecule has 0 aromatic heterocycles. The van der Waals surface area contributed by atoms with E-state index in [1.807, 2.05) is 0 Å². The predicted octanol–water partition coefficient (Wildman–Crippen LogP) is -1.30. The van der Waals surface area contributed by atoms with Crippen LogP contribution in [0.15, 0.2) is 0 Å². The lowest BCUT2D eigenvalue weighted by molar-refractivity contribution is 0.267. The summed E-state index contributed by atoms with van der Waals surface area (Å²) in [7, 11) is 3.44. The highest BCUT2D eigenvalue weighted by atomic mass is 32.2. The van der Waals surface area contributed by atoms with E-state index >= 15 is 0 Å². The molecule has 4 N–H and O–H groups in total. The Morgan fingerprint density at radius 1 is 0.920 bits per heavy atom. The van der Waals surface area contributed by atoms with E-state index in [9.17, 15) is 21.4 Å². The van der Waals surface area contributed by atoms with Crippen LogP contribution in [0.5, 0.6) is 0 Å². The summed E-state index contributed by atoms with van der Waals surface area (Å²) in [4.78, 5) is 0. The van der Waals surface area contributed by atoms with Crippen molar-refractivity contribution >= 4 is 40.0 Å². The van der Waals surface area contributed by atoms with Crippen molar-refractivity contribution in [3.05, 3.63) is 0 Å². The Hall–Kier alpha value is 0.200. The number of hydrogen-bond acceptors (Lipinski definition) is 8. The summed E-state index contributed by atoms with van der Waals surface area (Å²) in [5, 5.41) is 2.39. The van der Waals surface area contributed by atoms with Crippen LogP contribution in [0.3, 0.4) is 0 Å². The van der Waals surface area contributed by atoms with E-state index in [2.05, 4.69) is 32.5 Å². The van der Waals surface area contributed by atoms with Crippen molar-refractivity contribution in [2.45, 2.75) is 0 Å². The zero-order chi connectivity index (χ0) is 21.1. The van der Waals surface area contributed by atoms with Crippen molar-refractivity contribution in [2.75, 3.05) is 62.0 Å². The minimum Gasteiger partial charge on any atom is -0.300 e. The van der Waals surface area contributed by atoms with Gasteiger partial charge in [-0.05, 0) is 28.2 Å². The number of hydrogen-bond donors (Lipinski definition) is 4. The lowest BCUT2D eigenvalue weighted by Crippen LogP contribution is -2.15. The van der Waals surface area contributed by atoms with Crippen LogP contribution < -0.4 is 19.3 Å². The van der Waals surface area contributed by atoms with Gasteiger partial charge in [0.1, 0.15) is 0 Å². The summed E-state index contributed by atoms with van der Waals surface area (Å²) >= 11 is -1.28. The summed E-state index contributed by atoms with van der Waals surface area (Å²) in [5.41, 5.74) is 0. The van der Waals surface area contributed by atoms with Gasteiger partial charge in [0, 0.05) is 20.5 Å². The molecule has 12 nitrogen and oxygen atoms in total. The molecule has 0 radical (unpaired) electrons. The summed E-state index contributed by atoms with van der Waals surface area (Å²) in [6.07, 6.45) is 2.69. The molecule has 0 rings (SSSR count). The molecule has 2 atom stereocenters. The van der Waals surface area contributed by atoms with Gasteiger partial charge in [-0.2, -0.15) is 0 Å². The van der Waals surface area contributed by atoms with E-state index in [4.69, 9.17) is 0 Å². The zero-order valence-corrected chi connectivity index (χ0v) is 19.3. The molecule has 0 aliphatic rings. The first-order chi connectivity index (χ1) is 11.3. The van der Waals surface area contributed by atoms with Crippen molar-refractivity contribution < 1.29 is 34.6 Å². The molecule has 0 heterocycles. The SMILES string of the molecule is CNP(=O)(OC)OC.CNS(=O)OC.CNS(C)(=O)=O.CNS(C)=O. The first-order valence-electron chi connectivity index (χ1n) is 6.26. The Kier molecular flexibility index (Phi) is 26.9. The highest BCUT2D eigenvalue weighted by Crippen LogP contribution is 2.39. The second-order valence-electron chi connectivity index (χ2n) is 3.33. The summed E-state index contributed by atoms with van der Waals surface area (Å²) in [5.74, 6) is 0. The minimum absolute atomic E-state index is 0.823. The second kappa shape index (κ2) is 20.5. The molecule has 0 fully saturated rings. The van der Waals surface area contributed by atoms with Crippen LogP contribution in [0.1, 0.15) is 0 Å². The third kappa shape index (κ3) is 36.0. The molecule has 2 unspecified atom stereocenters. The van der Waals surface area contributed by atoms with E-state index < -0.39 is 40.0 Å². The molecule has 0 aliphatic heterocycles. The fourth-order valence-corrected chi connectivity index (χ4v) is 1.02. The van der Waals surface area contributed by atoms with Crippen LogP contribution in [0.25, 0.3) is 0 Å². The van der Waals surface area contributed by atoms with E-state index in [0.717, 1.165) is 6.26 Å². The van der Waals surface area contributed by atoms with Crippen LogP contribution in [0.4, 0.5) is 0 Å². The summed E-state index contributed by atoms with van der Waals surface area (Å²) in [6, 6.07) is 0. The molecular formula is C9H31N4O8PS3. The highest BCUT2D eigenvalue weighted by Gasteiger charge is 2.15. The van der Waals surface area contributed by atoms with Gasteiger partial charge in [0.05, 0.1) is 24.4 Å². The molecule has 0 saturated heterocycles. The maximum absolute atomic E-state index is 10.8. The van der Waals surface area contributed by atoms with Gasteiger partial charge in [-0.25, -0.2) is 40.7 Å². The third-order valence-electron chi connectivity index (χ3n) is 1.73. The van der Waals surface area contributed by atoms with Crippen LogP contribution in [0.2, 0.25) is 0 Å². The fourth-order valence-electron chi connectivity index (χ4n) is 0.340. The number of nitrogens with one attached hydrogen (secondary N) is 4. The number of sulfonamides is 1. The molecule has 0 bridgehead atoms. The molecular weight excluding hydrogens is 419 g/mol. The molecule has 0 saturated carbocycles. The molecule has 0 amide bonds. The summed E-state index contributed by atoms with van der Waals surface area (Å²) in [6.45, 7) is 0. The lowest BCUT2D eigenvalue weighted by Gasteiger charge is -2.09. The lowest BCUT2D eigenvalue weighted by atomic mass is 11.6. The van der Waals surface area contributed by atoms with Crippen molar-refractivity contribution in [1.82, 2.24) is 19.3 Å². The largest absolute Gasteiger partial charge is 0.404 e. The summed E-state index contributed by atoms with van der Waals surface area (Å²) < 4.78 is 70.4. The Bertz CT molecular complexity index is 466. The van der Waals surface area contributed by atoms with Gasteiger partial charge >= 0.3 is 7.75 Å². The van der Waals surface area contributed by atoms with Crippen LogP contribution >= 0.6 is 7.75 Å². The van der Waals surface area contributed by atoms with Crippen molar-refractivity contribution in [3.8, 4) is 0 Å². The second-order valence-corrected chi connectivity index (χ2v) is 9.98. The molecule has 0 spiro atoms. The third-order valence-corrected chi connectivity index (χ3v) is 5.19. The van der Waals surface area contributed by atoms with Gasteiger partial charge in [-0.15, -0.1) is 0 Å². The molecule has 0 aromatic carbocycles. The van der Waals surface area contributed by atoms with Gasteiger partial charge in [0.2, 0.25) is 21.3 Å². The average molecular weight is 451 g/mol. The van der Waals surface area contributed by atoms with Gasteiger partial charge in [0.15, 0.2) is 0 Å². The monoisotopic (exact) mass is 450 g/mol. The molecule has 0 aromatic rings.